The van der Waals surface area contributed by atoms with E-state index in [1.54, 1.807) is 0 Å². The third-order valence-electron chi connectivity index (χ3n) is 3.75. The average molecular weight is 273 g/mol. The molecule has 0 fully saturated rings. The topological polar surface area (TPSA) is 44.0 Å². The van der Waals surface area contributed by atoms with E-state index in [0.29, 0.717) is 0 Å². The van der Waals surface area contributed by atoms with E-state index in [1.807, 2.05) is 72.8 Å². The molecule has 0 heterocycles. The van der Waals surface area contributed by atoms with Crippen LogP contribution in [0.25, 0.3) is 10.8 Å². The molecule has 21 heavy (non-hydrogen) atoms. The fraction of sp³-hybridized carbons (Fsp3) is 0.105. The Kier molecular flexibility index (Phi) is 3.68. The first-order chi connectivity index (χ1) is 10.3. The molecule has 0 aliphatic carbocycles. The molecule has 2 heteroatoms. The summed E-state index contributed by atoms with van der Waals surface area (Å²) in [5.41, 5.74) is 1.63. The van der Waals surface area contributed by atoms with Gasteiger partial charge in [-0.25, -0.2) is 0 Å². The lowest BCUT2D eigenvalue weighted by molar-refractivity contribution is 0.164. The van der Waals surface area contributed by atoms with Crippen LogP contribution < -0.4 is 0 Å². The largest absolute Gasteiger partial charge is 0.387 e. The number of fused-ring (bicyclic) bond motifs is 1. The van der Waals surface area contributed by atoms with Crippen molar-refractivity contribution in [2.45, 2.75) is 12.0 Å². The fourth-order valence-electron chi connectivity index (χ4n) is 2.67. The molecule has 3 aromatic carbocycles. The first-order valence-electron chi connectivity index (χ1n) is 6.91. The smallest absolute Gasteiger partial charge is 0.102 e. The van der Waals surface area contributed by atoms with Gasteiger partial charge in [0.15, 0.2) is 0 Å². The number of rotatable bonds is 3. The van der Waals surface area contributed by atoms with Gasteiger partial charge in [0.25, 0.3) is 0 Å². The highest BCUT2D eigenvalue weighted by Crippen LogP contribution is 2.34. The van der Waals surface area contributed by atoms with Crippen LogP contribution in [0.3, 0.4) is 0 Å². The quantitative estimate of drug-likeness (QED) is 0.778. The van der Waals surface area contributed by atoms with Crippen LogP contribution in [0.5, 0.6) is 0 Å². The van der Waals surface area contributed by atoms with Crippen LogP contribution in [0.15, 0.2) is 72.8 Å². The number of aliphatic hydroxyl groups is 1. The Balaban J connectivity index is 2.09. The molecular weight excluding hydrogens is 258 g/mol. The Morgan fingerprint density at radius 3 is 2.24 bits per heavy atom. The molecule has 0 aliphatic heterocycles. The summed E-state index contributed by atoms with van der Waals surface area (Å²) in [5.74, 6) is -0.585. The fourth-order valence-corrected chi connectivity index (χ4v) is 2.67. The van der Waals surface area contributed by atoms with E-state index >= 15 is 0 Å². The van der Waals surface area contributed by atoms with Crippen molar-refractivity contribution in [2.24, 2.45) is 0 Å². The van der Waals surface area contributed by atoms with Crippen molar-refractivity contribution in [3.05, 3.63) is 83.9 Å². The molecule has 3 aromatic rings. The second-order valence-corrected chi connectivity index (χ2v) is 5.03. The molecule has 0 unspecified atom stereocenters. The second-order valence-electron chi connectivity index (χ2n) is 5.03. The average Bonchev–Trinajstić information content (AvgIpc) is 2.56. The summed E-state index contributed by atoms with van der Waals surface area (Å²) in [6.45, 7) is 0. The standard InChI is InChI=1S/C19H15NO/c20-13-18(19(21)15-8-2-1-3-9-15)17-12-6-10-14-7-4-5-11-16(14)17/h1-12,18-19,21H/t18-,19+/m1/s1. The number of aliphatic hydroxyl groups excluding tert-OH is 1. The van der Waals surface area contributed by atoms with Crippen LogP contribution in [0, 0.1) is 11.3 Å². The van der Waals surface area contributed by atoms with E-state index in [4.69, 9.17) is 0 Å². The van der Waals surface area contributed by atoms with Crippen LogP contribution >= 0.6 is 0 Å². The van der Waals surface area contributed by atoms with Crippen molar-refractivity contribution in [3.8, 4) is 6.07 Å². The summed E-state index contributed by atoms with van der Waals surface area (Å²) in [6, 6.07) is 25.4. The van der Waals surface area contributed by atoms with Crippen molar-refractivity contribution in [1.82, 2.24) is 0 Å². The van der Waals surface area contributed by atoms with Crippen molar-refractivity contribution in [1.29, 1.82) is 5.26 Å². The summed E-state index contributed by atoms with van der Waals surface area (Å²) >= 11 is 0. The Morgan fingerprint density at radius 1 is 0.810 bits per heavy atom. The number of hydrogen-bond acceptors (Lipinski definition) is 2. The molecule has 3 rings (SSSR count). The van der Waals surface area contributed by atoms with Gasteiger partial charge >= 0.3 is 0 Å². The zero-order valence-corrected chi connectivity index (χ0v) is 11.5. The van der Waals surface area contributed by atoms with Gasteiger partial charge < -0.3 is 5.11 Å². The van der Waals surface area contributed by atoms with E-state index in [9.17, 15) is 10.4 Å². The van der Waals surface area contributed by atoms with E-state index in [0.717, 1.165) is 21.9 Å². The van der Waals surface area contributed by atoms with Crippen LogP contribution in [-0.4, -0.2) is 5.11 Å². The molecule has 2 atom stereocenters. The van der Waals surface area contributed by atoms with E-state index in [2.05, 4.69) is 6.07 Å². The minimum Gasteiger partial charge on any atom is -0.387 e. The van der Waals surface area contributed by atoms with Crippen LogP contribution in [0.1, 0.15) is 23.1 Å². The first-order valence-corrected chi connectivity index (χ1v) is 6.91. The Morgan fingerprint density at radius 2 is 1.48 bits per heavy atom. The van der Waals surface area contributed by atoms with Gasteiger partial charge in [-0.3, -0.25) is 0 Å². The Labute approximate surface area is 123 Å². The zero-order chi connectivity index (χ0) is 14.7. The highest BCUT2D eigenvalue weighted by atomic mass is 16.3. The van der Waals surface area contributed by atoms with Gasteiger partial charge in [0, 0.05) is 0 Å². The third kappa shape index (κ3) is 2.52. The highest BCUT2D eigenvalue weighted by molar-refractivity contribution is 5.86. The van der Waals surface area contributed by atoms with Crippen LogP contribution in [0.2, 0.25) is 0 Å². The lowest BCUT2D eigenvalue weighted by atomic mass is 9.87. The van der Waals surface area contributed by atoms with E-state index in [1.165, 1.54) is 0 Å². The minimum absolute atomic E-state index is 0.585. The molecule has 102 valence electrons. The maximum absolute atomic E-state index is 10.6. The number of benzene rings is 3. The van der Waals surface area contributed by atoms with Crippen LogP contribution in [-0.2, 0) is 0 Å². The van der Waals surface area contributed by atoms with Crippen molar-refractivity contribution >= 4 is 10.8 Å². The molecule has 0 spiro atoms. The Hall–Kier alpha value is -2.63. The van der Waals surface area contributed by atoms with E-state index in [-0.39, 0.29) is 0 Å². The van der Waals surface area contributed by atoms with Gasteiger partial charge in [0.05, 0.1) is 12.2 Å². The minimum atomic E-state index is -0.831. The summed E-state index contributed by atoms with van der Waals surface area (Å²) in [5, 5.41) is 22.2. The molecule has 0 amide bonds. The predicted molar refractivity (Wildman–Crippen MR) is 83.7 cm³/mol. The van der Waals surface area contributed by atoms with E-state index < -0.39 is 12.0 Å². The molecule has 0 saturated carbocycles. The Bertz CT molecular complexity index is 784. The van der Waals surface area contributed by atoms with Gasteiger partial charge in [-0.2, -0.15) is 5.26 Å². The van der Waals surface area contributed by atoms with Gasteiger partial charge in [0.1, 0.15) is 5.92 Å². The molecule has 1 N–H and O–H groups in total. The molecular formula is C19H15NO. The van der Waals surface area contributed by atoms with Gasteiger partial charge in [-0.05, 0) is 21.9 Å². The lowest BCUT2D eigenvalue weighted by Crippen LogP contribution is -2.09. The molecule has 0 bridgehead atoms. The summed E-state index contributed by atoms with van der Waals surface area (Å²) in [4.78, 5) is 0. The number of nitriles is 1. The SMILES string of the molecule is N#C[C@H](c1cccc2ccccc12)[C@@H](O)c1ccccc1. The molecule has 0 aromatic heterocycles. The molecule has 0 radical (unpaired) electrons. The first kappa shape index (κ1) is 13.4. The summed E-state index contributed by atoms with van der Waals surface area (Å²) in [6.07, 6.45) is -0.831. The van der Waals surface area contributed by atoms with Crippen molar-refractivity contribution < 1.29 is 5.11 Å². The maximum Gasteiger partial charge on any atom is 0.102 e. The van der Waals surface area contributed by atoms with Crippen LogP contribution in [0.4, 0.5) is 0 Å². The monoisotopic (exact) mass is 273 g/mol. The summed E-state index contributed by atoms with van der Waals surface area (Å²) in [7, 11) is 0. The zero-order valence-electron chi connectivity index (χ0n) is 11.5. The predicted octanol–water partition coefficient (Wildman–Crippen LogP) is 4.18. The third-order valence-corrected chi connectivity index (χ3v) is 3.75. The highest BCUT2D eigenvalue weighted by Gasteiger charge is 2.23. The lowest BCUT2D eigenvalue weighted by Gasteiger charge is -2.19. The second kappa shape index (κ2) is 5.78. The number of hydrogen-bond donors (Lipinski definition) is 1. The summed E-state index contributed by atoms with van der Waals surface area (Å²) < 4.78 is 0. The molecule has 0 aliphatic rings. The number of nitrogens with zero attached hydrogens (tertiary/aromatic N) is 1. The van der Waals surface area contributed by atoms with Gasteiger partial charge in [-0.15, -0.1) is 0 Å². The van der Waals surface area contributed by atoms with Gasteiger partial charge in [0.2, 0.25) is 0 Å². The van der Waals surface area contributed by atoms with Crippen molar-refractivity contribution in [2.75, 3.05) is 0 Å². The normalized spacial score (nSPS) is 13.5. The molecule has 0 saturated heterocycles. The molecule has 2 nitrogen and oxygen atoms in total. The van der Waals surface area contributed by atoms with Gasteiger partial charge in [-0.1, -0.05) is 72.8 Å². The van der Waals surface area contributed by atoms with Crippen molar-refractivity contribution in [3.63, 3.8) is 0 Å². The maximum atomic E-state index is 10.6.